The van der Waals surface area contributed by atoms with E-state index in [1.165, 1.54) is 27.7 Å². The zero-order chi connectivity index (χ0) is 46.4. The molecule has 0 bridgehead atoms. The summed E-state index contributed by atoms with van der Waals surface area (Å²) in [5.41, 5.74) is 0.321. The van der Waals surface area contributed by atoms with E-state index in [0.717, 1.165) is 5.56 Å². The number of benzene rings is 1. The van der Waals surface area contributed by atoms with E-state index in [9.17, 15) is 34.2 Å². The number of ether oxygens (including phenoxy) is 9. The Morgan fingerprint density at radius 2 is 1.13 bits per heavy atom. The molecule has 61 heavy (non-hydrogen) atoms. The summed E-state index contributed by atoms with van der Waals surface area (Å²) in [7, 11) is 0. The summed E-state index contributed by atoms with van der Waals surface area (Å²) in [6.07, 6.45) is -14.5. The van der Waals surface area contributed by atoms with Crippen molar-refractivity contribution >= 4 is 29.8 Å². The molecule has 7 unspecified atom stereocenters. The monoisotopic (exact) mass is 878 g/mol. The van der Waals surface area contributed by atoms with E-state index in [1.54, 1.807) is 34.6 Å². The van der Waals surface area contributed by atoms with Gasteiger partial charge in [-0.25, -0.2) is 0 Å². The summed E-state index contributed by atoms with van der Waals surface area (Å²) in [6, 6.07) is 9.54. The van der Waals surface area contributed by atoms with Crippen LogP contribution in [0, 0.1) is 17.3 Å². The minimum Gasteiger partial charge on any atom is -0.463 e. The Hall–Kier alpha value is -3.87. The lowest BCUT2D eigenvalue weighted by Crippen LogP contribution is -2.58. The Kier molecular flexibility index (Phi) is 21.6. The van der Waals surface area contributed by atoms with E-state index in [1.807, 2.05) is 30.3 Å². The minimum absolute atomic E-state index is 0.0838. The molecule has 3 heterocycles. The Balaban J connectivity index is 0.000000334. The predicted molar refractivity (Wildman–Crippen MR) is 205 cm³/mol. The van der Waals surface area contributed by atoms with Gasteiger partial charge in [0.25, 0.3) is 0 Å². The average Bonchev–Trinajstić information content (AvgIpc) is 3.18. The third-order valence-corrected chi connectivity index (χ3v) is 9.48. The molecule has 1 aromatic rings. The summed E-state index contributed by atoms with van der Waals surface area (Å²) < 4.78 is 47.1. The summed E-state index contributed by atoms with van der Waals surface area (Å²) in [5.74, 6) is -3.75. The molecule has 7 N–H and O–H groups in total. The number of rotatable bonds is 11. The fraction of sp³-hybridized carbons (Fsp3) is 0.725. The average molecular weight is 879 g/mol. The number of aliphatic hydroxyl groups excluding tert-OH is 7. The minimum atomic E-state index is -1.57. The third kappa shape index (κ3) is 16.7. The third-order valence-electron chi connectivity index (χ3n) is 9.48. The van der Waals surface area contributed by atoms with Crippen LogP contribution in [0.5, 0.6) is 0 Å². The summed E-state index contributed by atoms with van der Waals surface area (Å²) in [5, 5.41) is 65.2. The van der Waals surface area contributed by atoms with Crippen molar-refractivity contribution in [2.45, 2.75) is 149 Å². The second-order valence-corrected chi connectivity index (χ2v) is 15.7. The molecule has 3 fully saturated rings. The topological polar surface area (TPSA) is 310 Å². The number of aliphatic hydroxyl groups is 7. The Morgan fingerprint density at radius 3 is 1.66 bits per heavy atom. The van der Waals surface area contributed by atoms with Gasteiger partial charge in [-0.05, 0) is 26.3 Å². The smallest absolute Gasteiger partial charge is 0.311 e. The first kappa shape index (κ1) is 53.3. The van der Waals surface area contributed by atoms with Crippen LogP contribution in [-0.2, 0) is 73.2 Å². The highest BCUT2D eigenvalue weighted by atomic mass is 16.7. The molecular weight excluding hydrogens is 816 g/mol. The first-order valence-electron chi connectivity index (χ1n) is 19.5. The Morgan fingerprint density at radius 1 is 0.590 bits per heavy atom. The van der Waals surface area contributed by atoms with Gasteiger partial charge in [-0.2, -0.15) is 0 Å². The van der Waals surface area contributed by atoms with Crippen molar-refractivity contribution in [3.8, 4) is 0 Å². The van der Waals surface area contributed by atoms with Gasteiger partial charge in [0.2, 0.25) is 6.29 Å². The van der Waals surface area contributed by atoms with E-state index in [4.69, 9.17) is 63.4 Å². The van der Waals surface area contributed by atoms with Crippen LogP contribution < -0.4 is 0 Å². The van der Waals surface area contributed by atoms with Crippen LogP contribution in [0.4, 0.5) is 0 Å². The molecule has 3 aliphatic heterocycles. The SMILES string of the molecule is CC(=O)OCC1O[C@@H](OC(C)=O)C(OC(C)=O)[C@@H](C)[C@H]1OC(C)=O.C[C@@H]1C(O)[C@H](OCc2ccccc2)OC(COC(=O)C(C)(C)C)[C@@H]1O.OCC1OC(O)C(O)[C@@H](O)[C@H]1O. The predicted octanol–water partition coefficient (Wildman–Crippen LogP) is -1.01. The first-order valence-corrected chi connectivity index (χ1v) is 19.5. The molecule has 0 amide bonds. The number of hydrogen-bond acceptors (Lipinski definition) is 21. The highest BCUT2D eigenvalue weighted by molar-refractivity contribution is 5.75. The fourth-order valence-electron chi connectivity index (χ4n) is 6.03. The molecule has 21 nitrogen and oxygen atoms in total. The summed E-state index contributed by atoms with van der Waals surface area (Å²) in [6.45, 7) is 12.9. The Bertz CT molecular complexity index is 1530. The van der Waals surface area contributed by atoms with Crippen LogP contribution in [0.25, 0.3) is 0 Å². The maximum absolute atomic E-state index is 11.9. The maximum Gasteiger partial charge on any atom is 0.311 e. The van der Waals surface area contributed by atoms with Crippen molar-refractivity contribution in [1.82, 2.24) is 0 Å². The molecule has 4 rings (SSSR count). The second-order valence-electron chi connectivity index (χ2n) is 15.7. The number of carbonyl (C=O) groups is 5. The lowest BCUT2D eigenvalue weighted by atomic mass is 9.90. The molecule has 0 aliphatic carbocycles. The van der Waals surface area contributed by atoms with E-state index in [-0.39, 0.29) is 25.8 Å². The lowest BCUT2D eigenvalue weighted by molar-refractivity contribution is -0.292. The van der Waals surface area contributed by atoms with Gasteiger partial charge >= 0.3 is 29.8 Å². The molecular formula is C40H62O21. The van der Waals surface area contributed by atoms with Crippen molar-refractivity contribution in [1.29, 1.82) is 0 Å². The second kappa shape index (κ2) is 24.7. The summed E-state index contributed by atoms with van der Waals surface area (Å²) >= 11 is 0. The Labute approximate surface area is 353 Å². The van der Waals surface area contributed by atoms with Gasteiger partial charge in [0.1, 0.15) is 62.0 Å². The van der Waals surface area contributed by atoms with Crippen LogP contribution in [-0.4, -0.2) is 165 Å². The molecule has 1 aromatic carbocycles. The van der Waals surface area contributed by atoms with Gasteiger partial charge < -0.3 is 78.4 Å². The van der Waals surface area contributed by atoms with Crippen LogP contribution in [0.15, 0.2) is 30.3 Å². The van der Waals surface area contributed by atoms with Gasteiger partial charge in [-0.15, -0.1) is 0 Å². The summed E-state index contributed by atoms with van der Waals surface area (Å²) in [4.78, 5) is 56.9. The van der Waals surface area contributed by atoms with Crippen LogP contribution in [0.2, 0.25) is 0 Å². The van der Waals surface area contributed by atoms with E-state index in [2.05, 4.69) is 4.74 Å². The molecule has 348 valence electrons. The number of esters is 5. The van der Waals surface area contributed by atoms with Crippen molar-refractivity contribution in [3.05, 3.63) is 35.9 Å². The van der Waals surface area contributed by atoms with Crippen molar-refractivity contribution in [3.63, 3.8) is 0 Å². The molecule has 3 saturated heterocycles. The molecule has 3 aliphatic rings. The van der Waals surface area contributed by atoms with Crippen molar-refractivity contribution in [2.24, 2.45) is 17.3 Å². The molecule has 0 spiro atoms. The van der Waals surface area contributed by atoms with Crippen molar-refractivity contribution in [2.75, 3.05) is 19.8 Å². The largest absolute Gasteiger partial charge is 0.463 e. The van der Waals surface area contributed by atoms with Crippen LogP contribution in [0.3, 0.4) is 0 Å². The maximum atomic E-state index is 11.9. The van der Waals surface area contributed by atoms with Gasteiger partial charge in [-0.3, -0.25) is 24.0 Å². The van der Waals surface area contributed by atoms with E-state index < -0.39 is 128 Å². The molecule has 0 radical (unpaired) electrons. The lowest BCUT2D eigenvalue weighted by Gasteiger charge is -2.43. The quantitative estimate of drug-likeness (QED) is 0.103. The fourth-order valence-corrected chi connectivity index (χ4v) is 6.03. The van der Waals surface area contributed by atoms with Crippen LogP contribution >= 0.6 is 0 Å². The molecule has 15 atom stereocenters. The normalized spacial score (nSPS) is 33.5. The number of carbonyl (C=O) groups excluding carboxylic acids is 5. The van der Waals surface area contributed by atoms with Crippen LogP contribution in [0.1, 0.15) is 67.9 Å². The van der Waals surface area contributed by atoms with E-state index in [0.29, 0.717) is 0 Å². The zero-order valence-corrected chi connectivity index (χ0v) is 35.7. The van der Waals surface area contributed by atoms with Gasteiger partial charge in [0.05, 0.1) is 24.7 Å². The van der Waals surface area contributed by atoms with Gasteiger partial charge in [0, 0.05) is 39.5 Å². The number of hydrogen-bond donors (Lipinski definition) is 7. The van der Waals surface area contributed by atoms with Gasteiger partial charge in [0.15, 0.2) is 18.7 Å². The van der Waals surface area contributed by atoms with Crippen molar-refractivity contribution < 1.29 is 102 Å². The van der Waals surface area contributed by atoms with Gasteiger partial charge in [-0.1, -0.05) is 44.2 Å². The highest BCUT2D eigenvalue weighted by Gasteiger charge is 2.49. The standard InChI is InChI=1S/C19H28O6.C15H22O9.C6H12O6/c1-12-15(20)14(11-24-18(22)19(2,3)4)25-17(16(12)21)23-10-13-8-6-5-7-9-13;1-7-13(21-9(3)17)12(6-20-8(2)16)24-15(23-11(5)19)14(7)22-10(4)18;7-1-2-3(8)4(9)5(10)6(11)12-2/h5-9,12,14-17,20-21H,10-11H2,1-4H3;7,12-15H,6H2,1-5H3;2-11H,1H2/t12-,14?,15+,16?,17+;7-,12?,13+,14?,15+;2?,3-,4-,5?,6?/m000/s1. The molecule has 0 saturated carbocycles. The zero-order valence-electron chi connectivity index (χ0n) is 35.7. The van der Waals surface area contributed by atoms with E-state index >= 15 is 0 Å². The highest BCUT2D eigenvalue weighted by Crippen LogP contribution is 2.32. The molecule has 21 heteroatoms. The molecule has 0 aromatic heterocycles. The first-order chi connectivity index (χ1) is 28.4.